The number of nitrogens with zero attached hydrogens (tertiary/aromatic N) is 1. The van der Waals surface area contributed by atoms with Crippen LogP contribution in [0.4, 0.5) is 5.69 Å². The Bertz CT molecular complexity index is 562. The fourth-order valence-electron chi connectivity index (χ4n) is 2.09. The Morgan fingerprint density at radius 2 is 2.26 bits per heavy atom. The van der Waals surface area contributed by atoms with Crippen molar-refractivity contribution in [2.75, 3.05) is 29.2 Å². The number of benzene rings is 1. The molecule has 1 atom stereocenters. The van der Waals surface area contributed by atoms with Crippen LogP contribution in [0, 0.1) is 0 Å². The molecule has 1 N–H and O–H groups in total. The summed E-state index contributed by atoms with van der Waals surface area (Å²) in [5.41, 5.74) is 1.44. The molecule has 0 aromatic heterocycles. The van der Waals surface area contributed by atoms with Crippen molar-refractivity contribution in [1.29, 1.82) is 0 Å². The van der Waals surface area contributed by atoms with Crippen molar-refractivity contribution in [3.63, 3.8) is 0 Å². The molecule has 0 radical (unpaired) electrons. The lowest BCUT2D eigenvalue weighted by Gasteiger charge is -2.36. The first-order valence-corrected chi connectivity index (χ1v) is 9.34. The molecule has 2 rings (SSSR count). The van der Waals surface area contributed by atoms with E-state index in [1.54, 1.807) is 30.0 Å². The average molecular weight is 322 g/mol. The van der Waals surface area contributed by atoms with Crippen molar-refractivity contribution >= 4 is 38.9 Å². The second kappa shape index (κ2) is 5.91. The van der Waals surface area contributed by atoms with Gasteiger partial charge in [0.15, 0.2) is 9.84 Å². The second-order valence-corrected chi connectivity index (χ2v) is 8.26. The van der Waals surface area contributed by atoms with Crippen LogP contribution in [0.5, 0.6) is 0 Å². The summed E-state index contributed by atoms with van der Waals surface area (Å²) < 4.78 is 23.7. The van der Waals surface area contributed by atoms with Crippen LogP contribution in [-0.2, 0) is 16.4 Å². The third-order valence-corrected chi connectivity index (χ3v) is 6.03. The summed E-state index contributed by atoms with van der Waals surface area (Å²) in [5, 5.41) is 9.01. The normalized spacial score (nSPS) is 20.6. The van der Waals surface area contributed by atoms with Crippen molar-refractivity contribution in [3.8, 4) is 0 Å². The number of aliphatic hydroxyl groups excluding tert-OH is 1. The molecule has 1 saturated heterocycles. The Labute approximate surface area is 122 Å². The SMILES string of the molecule is CS(=O)(=O)C1CSCCN1c1ccc(CO)cc1Cl. The number of hydrogen-bond acceptors (Lipinski definition) is 5. The van der Waals surface area contributed by atoms with Crippen LogP contribution in [0.1, 0.15) is 5.56 Å². The van der Waals surface area contributed by atoms with Crippen molar-refractivity contribution in [3.05, 3.63) is 28.8 Å². The molecular formula is C12H16ClNO3S2. The molecule has 1 aromatic carbocycles. The number of anilines is 1. The predicted molar refractivity (Wildman–Crippen MR) is 80.7 cm³/mol. The van der Waals surface area contributed by atoms with E-state index in [9.17, 15) is 8.42 Å². The zero-order valence-corrected chi connectivity index (χ0v) is 12.9. The zero-order valence-electron chi connectivity index (χ0n) is 10.5. The van der Waals surface area contributed by atoms with Crippen molar-refractivity contribution in [2.45, 2.75) is 12.0 Å². The van der Waals surface area contributed by atoms with Gasteiger partial charge in [-0.05, 0) is 17.7 Å². The third-order valence-electron chi connectivity index (χ3n) is 3.08. The van der Waals surface area contributed by atoms with Gasteiger partial charge in [-0.3, -0.25) is 0 Å². The highest BCUT2D eigenvalue weighted by atomic mass is 35.5. The smallest absolute Gasteiger partial charge is 0.169 e. The molecule has 0 bridgehead atoms. The van der Waals surface area contributed by atoms with Gasteiger partial charge in [-0.1, -0.05) is 17.7 Å². The van der Waals surface area contributed by atoms with Gasteiger partial charge >= 0.3 is 0 Å². The van der Waals surface area contributed by atoms with Crippen LogP contribution >= 0.6 is 23.4 Å². The highest BCUT2D eigenvalue weighted by Gasteiger charge is 2.32. The van der Waals surface area contributed by atoms with Crippen molar-refractivity contribution in [2.24, 2.45) is 0 Å². The third kappa shape index (κ3) is 3.37. The van der Waals surface area contributed by atoms with Crippen LogP contribution < -0.4 is 4.90 Å². The van der Waals surface area contributed by atoms with Crippen LogP contribution in [0.2, 0.25) is 5.02 Å². The molecule has 106 valence electrons. The Kier molecular flexibility index (Phi) is 4.66. The van der Waals surface area contributed by atoms with Crippen molar-refractivity contribution in [1.82, 2.24) is 0 Å². The number of rotatable bonds is 3. The second-order valence-electron chi connectivity index (χ2n) is 4.50. The summed E-state index contributed by atoms with van der Waals surface area (Å²) in [7, 11) is -3.16. The lowest BCUT2D eigenvalue weighted by molar-refractivity contribution is 0.282. The predicted octanol–water partition coefficient (Wildman–Crippen LogP) is 1.76. The van der Waals surface area contributed by atoms with E-state index in [1.165, 1.54) is 6.26 Å². The minimum Gasteiger partial charge on any atom is -0.392 e. The van der Waals surface area contributed by atoms with Crippen LogP contribution in [0.3, 0.4) is 0 Å². The van der Waals surface area contributed by atoms with E-state index in [1.807, 2.05) is 4.90 Å². The summed E-state index contributed by atoms with van der Waals surface area (Å²) in [4.78, 5) is 1.84. The largest absolute Gasteiger partial charge is 0.392 e. The first kappa shape index (κ1) is 15.0. The van der Waals surface area contributed by atoms with Gasteiger partial charge < -0.3 is 10.0 Å². The van der Waals surface area contributed by atoms with Crippen LogP contribution in [-0.4, -0.2) is 43.2 Å². The lowest BCUT2D eigenvalue weighted by Crippen LogP contribution is -2.47. The van der Waals surface area contributed by atoms with Crippen molar-refractivity contribution < 1.29 is 13.5 Å². The van der Waals surface area contributed by atoms with E-state index in [-0.39, 0.29) is 6.61 Å². The van der Waals surface area contributed by atoms with E-state index >= 15 is 0 Å². The van der Waals surface area contributed by atoms with E-state index < -0.39 is 15.2 Å². The van der Waals surface area contributed by atoms with Gasteiger partial charge in [-0.15, -0.1) is 0 Å². The highest BCUT2D eigenvalue weighted by Crippen LogP contribution is 2.32. The molecule has 0 saturated carbocycles. The molecule has 1 aliphatic heterocycles. The quantitative estimate of drug-likeness (QED) is 0.919. The molecule has 1 aromatic rings. The fraction of sp³-hybridized carbons (Fsp3) is 0.500. The van der Waals surface area contributed by atoms with E-state index in [2.05, 4.69) is 0 Å². The van der Waals surface area contributed by atoms with Crippen LogP contribution in [0.25, 0.3) is 0 Å². The Morgan fingerprint density at radius 1 is 1.53 bits per heavy atom. The summed E-state index contributed by atoms with van der Waals surface area (Å²) >= 11 is 7.84. The molecular weight excluding hydrogens is 306 g/mol. The summed E-state index contributed by atoms with van der Waals surface area (Å²) in [6.45, 7) is 0.575. The average Bonchev–Trinajstić information content (AvgIpc) is 2.37. The number of sulfone groups is 1. The van der Waals surface area contributed by atoms with Gasteiger partial charge in [0.2, 0.25) is 0 Å². The number of thioether (sulfide) groups is 1. The topological polar surface area (TPSA) is 57.6 Å². The highest BCUT2D eigenvalue weighted by molar-refractivity contribution is 8.01. The molecule has 0 aliphatic carbocycles. The molecule has 0 amide bonds. The molecule has 19 heavy (non-hydrogen) atoms. The summed E-state index contributed by atoms with van der Waals surface area (Å²) in [6, 6.07) is 5.22. The molecule has 1 fully saturated rings. The molecule has 1 aliphatic rings. The monoisotopic (exact) mass is 321 g/mol. The summed E-state index contributed by atoms with van der Waals surface area (Å²) in [6.07, 6.45) is 1.26. The minimum atomic E-state index is -3.16. The molecule has 1 heterocycles. The van der Waals surface area contributed by atoms with Gasteiger partial charge in [-0.25, -0.2) is 8.42 Å². The van der Waals surface area contributed by atoms with Gasteiger partial charge in [0.1, 0.15) is 5.37 Å². The van der Waals surface area contributed by atoms with Crippen LogP contribution in [0.15, 0.2) is 18.2 Å². The lowest BCUT2D eigenvalue weighted by atomic mass is 10.2. The van der Waals surface area contributed by atoms with Gasteiger partial charge in [0.05, 0.1) is 17.3 Å². The maximum atomic E-state index is 11.9. The van der Waals surface area contributed by atoms with Gasteiger partial charge in [-0.2, -0.15) is 11.8 Å². The maximum absolute atomic E-state index is 11.9. The summed E-state index contributed by atoms with van der Waals surface area (Å²) in [5.74, 6) is 1.43. The van der Waals surface area contributed by atoms with E-state index in [0.29, 0.717) is 17.3 Å². The van der Waals surface area contributed by atoms with Gasteiger partial charge in [0.25, 0.3) is 0 Å². The number of hydrogen-bond donors (Lipinski definition) is 1. The zero-order chi connectivity index (χ0) is 14.0. The molecule has 7 heteroatoms. The Morgan fingerprint density at radius 3 is 2.84 bits per heavy atom. The Balaban J connectivity index is 2.38. The first-order valence-electron chi connectivity index (χ1n) is 5.86. The fourth-order valence-corrected chi connectivity index (χ4v) is 5.24. The standard InChI is InChI=1S/C12H16ClNO3S2/c1-19(16,17)12-8-18-5-4-14(12)11-3-2-9(7-15)6-10(11)13/h2-3,6,12,15H,4-5,7-8H2,1H3. The Hall–Kier alpha value is -0.430. The molecule has 0 spiro atoms. The molecule has 4 nitrogen and oxygen atoms in total. The van der Waals surface area contributed by atoms with E-state index in [4.69, 9.17) is 16.7 Å². The van der Waals surface area contributed by atoms with E-state index in [0.717, 1.165) is 17.0 Å². The van der Waals surface area contributed by atoms with Gasteiger partial charge in [0, 0.05) is 24.3 Å². The minimum absolute atomic E-state index is 0.0780. The first-order chi connectivity index (χ1) is 8.93. The maximum Gasteiger partial charge on any atom is 0.169 e. The number of halogens is 1. The molecule has 1 unspecified atom stereocenters. The number of aliphatic hydroxyl groups is 1.